The maximum Gasteiger partial charge on any atom is 0.345 e. The number of carboxylic acids is 1. The van der Waals surface area contributed by atoms with Crippen LogP contribution in [-0.4, -0.2) is 47.0 Å². The van der Waals surface area contributed by atoms with E-state index in [9.17, 15) is 9.59 Å². The van der Waals surface area contributed by atoms with Crippen LogP contribution >= 0.6 is 0 Å². The zero-order chi connectivity index (χ0) is 13.4. The third-order valence-electron chi connectivity index (χ3n) is 3.18. The number of benzene rings is 1. The molecule has 0 radical (unpaired) electrons. The third kappa shape index (κ3) is 1.97. The van der Waals surface area contributed by atoms with Crippen molar-refractivity contribution in [2.45, 2.75) is 0 Å². The monoisotopic (exact) mass is 263 g/mol. The number of aromatic amines is 1. The number of imidazole rings is 1. The predicted molar refractivity (Wildman–Crippen MR) is 68.3 cm³/mol. The lowest BCUT2D eigenvalue weighted by Crippen LogP contribution is -2.48. The second-order valence-corrected chi connectivity index (χ2v) is 4.35. The van der Waals surface area contributed by atoms with Gasteiger partial charge in [0, 0.05) is 0 Å². The number of nitrogens with zero attached hydrogens (tertiary/aromatic N) is 2. The summed E-state index contributed by atoms with van der Waals surface area (Å²) in [5.74, 6) is -1.01. The normalized spacial score (nSPS) is 15.9. The van der Waals surface area contributed by atoms with Crippen molar-refractivity contribution in [3.8, 4) is 0 Å². The van der Waals surface area contributed by atoms with E-state index >= 15 is 0 Å². The fourth-order valence-electron chi connectivity index (χ4n) is 2.26. The molecule has 7 nitrogen and oxygen atoms in total. The van der Waals surface area contributed by atoms with Gasteiger partial charge in [-0.15, -0.1) is 0 Å². The number of aromatic carboxylic acids is 1. The molecule has 7 heteroatoms. The van der Waals surface area contributed by atoms with Crippen molar-refractivity contribution in [2.75, 3.05) is 31.3 Å². The maximum atomic E-state index is 12.0. The van der Waals surface area contributed by atoms with Gasteiger partial charge in [-0.2, -0.15) is 0 Å². The molecule has 19 heavy (non-hydrogen) atoms. The van der Waals surface area contributed by atoms with Crippen molar-refractivity contribution in [3.63, 3.8) is 0 Å². The number of fused-ring (bicyclic) bond motifs is 1. The Bertz CT molecular complexity index is 682. The van der Waals surface area contributed by atoms with E-state index in [0.717, 1.165) is 0 Å². The number of nitrogens with one attached hydrogen (secondary N) is 1. The molecule has 1 aliphatic rings. The molecule has 0 amide bonds. The Labute approximate surface area is 108 Å². The van der Waals surface area contributed by atoms with Gasteiger partial charge in [-0.1, -0.05) is 0 Å². The van der Waals surface area contributed by atoms with Crippen LogP contribution in [0.25, 0.3) is 11.0 Å². The van der Waals surface area contributed by atoms with Crippen molar-refractivity contribution < 1.29 is 14.6 Å². The largest absolute Gasteiger partial charge is 0.478 e. The van der Waals surface area contributed by atoms with Crippen LogP contribution in [0.2, 0.25) is 0 Å². The van der Waals surface area contributed by atoms with Crippen LogP contribution in [-0.2, 0) is 4.74 Å². The van der Waals surface area contributed by atoms with Crippen LogP contribution in [0, 0.1) is 0 Å². The summed E-state index contributed by atoms with van der Waals surface area (Å²) >= 11 is 0. The van der Waals surface area contributed by atoms with Crippen LogP contribution < -0.4 is 10.7 Å². The van der Waals surface area contributed by atoms with Crippen molar-refractivity contribution in [1.29, 1.82) is 0 Å². The van der Waals surface area contributed by atoms with Gasteiger partial charge in [0.15, 0.2) is 0 Å². The Morgan fingerprint density at radius 3 is 2.74 bits per heavy atom. The first kappa shape index (κ1) is 11.8. The second kappa shape index (κ2) is 4.43. The molecule has 1 aromatic heterocycles. The number of carboxylic acid groups (broad SMARTS) is 1. The van der Waals surface area contributed by atoms with Crippen molar-refractivity contribution in [3.05, 3.63) is 34.2 Å². The molecule has 1 fully saturated rings. The molecule has 0 atom stereocenters. The number of morpholine rings is 1. The predicted octanol–water partition coefficient (Wildman–Crippen LogP) is -0.00400. The lowest BCUT2D eigenvalue weighted by atomic mass is 10.2. The molecule has 2 aromatic rings. The molecule has 2 heterocycles. The molecule has 3 rings (SSSR count). The summed E-state index contributed by atoms with van der Waals surface area (Å²) in [6.07, 6.45) is 0. The van der Waals surface area contributed by atoms with E-state index < -0.39 is 5.97 Å². The summed E-state index contributed by atoms with van der Waals surface area (Å²) in [7, 11) is 0. The molecule has 0 unspecified atom stereocenters. The van der Waals surface area contributed by atoms with E-state index in [1.54, 1.807) is 6.07 Å². The quantitative estimate of drug-likeness (QED) is 0.796. The Kier molecular flexibility index (Phi) is 2.75. The van der Waals surface area contributed by atoms with Gasteiger partial charge in [-0.3, -0.25) is 0 Å². The summed E-state index contributed by atoms with van der Waals surface area (Å²) in [5, 5.41) is 10.9. The lowest BCUT2D eigenvalue weighted by Gasteiger charge is -2.29. The number of hydrogen-bond acceptors (Lipinski definition) is 4. The molecule has 2 N–H and O–H groups in total. The zero-order valence-electron chi connectivity index (χ0n) is 10.1. The first-order valence-corrected chi connectivity index (χ1v) is 5.98. The smallest absolute Gasteiger partial charge is 0.345 e. The van der Waals surface area contributed by atoms with Crippen LogP contribution in [0.1, 0.15) is 10.4 Å². The number of H-pyrrole nitrogens is 1. The van der Waals surface area contributed by atoms with Gasteiger partial charge >= 0.3 is 11.7 Å². The van der Waals surface area contributed by atoms with Gasteiger partial charge in [0.25, 0.3) is 0 Å². The van der Waals surface area contributed by atoms with E-state index in [-0.39, 0.29) is 11.3 Å². The lowest BCUT2D eigenvalue weighted by molar-refractivity contribution is 0.0697. The second-order valence-electron chi connectivity index (χ2n) is 4.35. The average Bonchev–Trinajstić information content (AvgIpc) is 2.74. The fraction of sp³-hybridized carbons (Fsp3) is 0.333. The minimum Gasteiger partial charge on any atom is -0.478 e. The van der Waals surface area contributed by atoms with Crippen LogP contribution in [0.3, 0.4) is 0 Å². The summed E-state index contributed by atoms with van der Waals surface area (Å²) < 4.78 is 6.74. The number of carbonyl (C=O) groups is 1. The molecule has 1 aromatic carbocycles. The van der Waals surface area contributed by atoms with Crippen molar-refractivity contribution in [2.24, 2.45) is 0 Å². The highest BCUT2D eigenvalue weighted by atomic mass is 16.5. The number of hydrogen-bond donors (Lipinski definition) is 2. The number of rotatable bonds is 2. The van der Waals surface area contributed by atoms with E-state index in [1.165, 1.54) is 16.8 Å². The molecule has 0 spiro atoms. The van der Waals surface area contributed by atoms with Crippen LogP contribution in [0.15, 0.2) is 23.0 Å². The van der Waals surface area contributed by atoms with Crippen molar-refractivity contribution in [1.82, 2.24) is 9.66 Å². The van der Waals surface area contributed by atoms with Crippen molar-refractivity contribution >= 4 is 17.0 Å². The van der Waals surface area contributed by atoms with E-state index in [4.69, 9.17) is 9.84 Å². The molecule has 0 aliphatic carbocycles. The summed E-state index contributed by atoms with van der Waals surface area (Å²) in [5.41, 5.74) is 1.10. The van der Waals surface area contributed by atoms with Crippen LogP contribution in [0.4, 0.5) is 0 Å². The summed E-state index contributed by atoms with van der Waals surface area (Å²) in [6.45, 7) is 2.31. The van der Waals surface area contributed by atoms with Gasteiger partial charge < -0.3 is 19.8 Å². The van der Waals surface area contributed by atoms with Crippen LogP contribution in [0.5, 0.6) is 0 Å². The highest BCUT2D eigenvalue weighted by Gasteiger charge is 2.17. The molecule has 100 valence electrons. The fourth-order valence-corrected chi connectivity index (χ4v) is 2.26. The van der Waals surface area contributed by atoms with Gasteiger partial charge in [0.1, 0.15) is 0 Å². The highest BCUT2D eigenvalue weighted by Crippen LogP contribution is 2.14. The first-order valence-electron chi connectivity index (χ1n) is 5.98. The first-order chi connectivity index (χ1) is 9.16. The SMILES string of the molecule is O=C(O)c1ccc2[nH]c(=O)n(N3CCOCC3)c2c1. The molecule has 0 bridgehead atoms. The van der Waals surface area contributed by atoms with Gasteiger partial charge in [0.2, 0.25) is 0 Å². The molecule has 1 aliphatic heterocycles. The number of ether oxygens (including phenoxy) is 1. The molecule has 0 saturated carbocycles. The summed E-state index contributed by atoms with van der Waals surface area (Å²) in [4.78, 5) is 25.7. The van der Waals surface area contributed by atoms with Gasteiger partial charge in [0.05, 0.1) is 42.9 Å². The van der Waals surface area contributed by atoms with Gasteiger partial charge in [-0.05, 0) is 18.2 Å². The molecular formula is C12H13N3O4. The van der Waals surface area contributed by atoms with E-state index in [2.05, 4.69) is 4.98 Å². The zero-order valence-corrected chi connectivity index (χ0v) is 10.1. The Hall–Kier alpha value is -2.28. The Morgan fingerprint density at radius 1 is 1.32 bits per heavy atom. The average molecular weight is 263 g/mol. The van der Waals surface area contributed by atoms with Gasteiger partial charge in [-0.25, -0.2) is 14.3 Å². The summed E-state index contributed by atoms with van der Waals surface area (Å²) in [6, 6.07) is 4.59. The minimum atomic E-state index is -1.01. The minimum absolute atomic E-state index is 0.161. The Morgan fingerprint density at radius 2 is 2.05 bits per heavy atom. The highest BCUT2D eigenvalue weighted by molar-refractivity contribution is 5.92. The standard InChI is InChI=1S/C12H13N3O4/c16-11(17)8-1-2-9-10(7-8)15(12(18)13-9)14-3-5-19-6-4-14/h1-2,7H,3-6H2,(H,13,18)(H,16,17). The van der Waals surface area contributed by atoms with E-state index in [1.807, 2.05) is 5.01 Å². The number of aromatic nitrogens is 2. The Balaban J connectivity index is 2.16. The molecular weight excluding hydrogens is 250 g/mol. The third-order valence-corrected chi connectivity index (χ3v) is 3.18. The maximum absolute atomic E-state index is 12.0. The van der Waals surface area contributed by atoms with E-state index in [0.29, 0.717) is 37.3 Å². The topological polar surface area (TPSA) is 87.6 Å². The molecule has 1 saturated heterocycles.